The van der Waals surface area contributed by atoms with E-state index in [1.54, 1.807) is 6.20 Å². The van der Waals surface area contributed by atoms with Crippen molar-refractivity contribution in [1.29, 1.82) is 0 Å². The number of aryl methyl sites for hydroxylation is 1. The topological polar surface area (TPSA) is 41.6 Å². The summed E-state index contributed by atoms with van der Waals surface area (Å²) >= 11 is 5.34. The van der Waals surface area contributed by atoms with Crippen LogP contribution in [0.15, 0.2) is 24.5 Å². The van der Waals surface area contributed by atoms with Crippen molar-refractivity contribution in [2.24, 2.45) is 0 Å². The van der Waals surface area contributed by atoms with Gasteiger partial charge in [-0.2, -0.15) is 0 Å². The molecule has 2 aromatic heterocycles. The van der Waals surface area contributed by atoms with Crippen molar-refractivity contribution in [2.75, 3.05) is 0 Å². The second-order valence-electron chi connectivity index (χ2n) is 4.34. The summed E-state index contributed by atoms with van der Waals surface area (Å²) in [7, 11) is 0. The Morgan fingerprint density at radius 1 is 1.35 bits per heavy atom. The predicted octanol–water partition coefficient (Wildman–Crippen LogP) is 2.61. The summed E-state index contributed by atoms with van der Waals surface area (Å²) in [5.41, 5.74) is 3.68. The smallest absolute Gasteiger partial charge is 0.133 e. The zero-order valence-electron chi connectivity index (χ0n) is 9.44. The number of rotatable bonds is 2. The fourth-order valence-electron chi connectivity index (χ4n) is 2.29. The highest BCUT2D eigenvalue weighted by molar-refractivity contribution is 7.71. The highest BCUT2D eigenvalue weighted by Gasteiger charge is 2.14. The molecular weight excluding hydrogens is 230 g/mol. The number of fused-ring (bicyclic) bond motifs is 1. The lowest BCUT2D eigenvalue weighted by atomic mass is 10.2. The molecule has 17 heavy (non-hydrogen) atoms. The second kappa shape index (κ2) is 4.37. The average Bonchev–Trinajstić information content (AvgIpc) is 2.79. The van der Waals surface area contributed by atoms with E-state index in [0.717, 1.165) is 35.3 Å². The summed E-state index contributed by atoms with van der Waals surface area (Å²) in [5.74, 6) is 0.948. The minimum absolute atomic E-state index is 0.769. The van der Waals surface area contributed by atoms with Gasteiger partial charge in [-0.25, -0.2) is 4.98 Å². The third-order valence-corrected chi connectivity index (χ3v) is 3.44. The van der Waals surface area contributed by atoms with E-state index in [-0.39, 0.29) is 0 Å². The van der Waals surface area contributed by atoms with E-state index in [4.69, 9.17) is 12.2 Å². The first-order valence-electron chi connectivity index (χ1n) is 5.83. The fourth-order valence-corrected chi connectivity index (χ4v) is 2.63. The lowest BCUT2D eigenvalue weighted by Gasteiger charge is -2.05. The van der Waals surface area contributed by atoms with Crippen LogP contribution in [0.5, 0.6) is 0 Å². The van der Waals surface area contributed by atoms with Gasteiger partial charge in [0.05, 0.1) is 0 Å². The molecule has 0 unspecified atom stereocenters. The molecule has 1 N–H and O–H groups in total. The predicted molar refractivity (Wildman–Crippen MR) is 68.5 cm³/mol. The Hall–Kier alpha value is -1.55. The lowest BCUT2D eigenvalue weighted by Crippen LogP contribution is -2.02. The van der Waals surface area contributed by atoms with E-state index >= 15 is 0 Å². The maximum Gasteiger partial charge on any atom is 0.133 e. The van der Waals surface area contributed by atoms with E-state index in [1.807, 2.05) is 12.3 Å². The molecule has 1 aliphatic carbocycles. The SMILES string of the molecule is S=c1nc(Cc2cccnc2)[nH]c2c1CCC2. The molecule has 0 aliphatic heterocycles. The first kappa shape index (κ1) is 10.6. The molecule has 0 fully saturated rings. The van der Waals surface area contributed by atoms with Gasteiger partial charge in [-0.3, -0.25) is 4.98 Å². The number of hydrogen-bond donors (Lipinski definition) is 1. The molecule has 0 radical (unpaired) electrons. The van der Waals surface area contributed by atoms with Gasteiger partial charge in [-0.15, -0.1) is 0 Å². The van der Waals surface area contributed by atoms with Gasteiger partial charge in [0.15, 0.2) is 0 Å². The summed E-state index contributed by atoms with van der Waals surface area (Å²) in [4.78, 5) is 12.0. The molecule has 0 aromatic carbocycles. The van der Waals surface area contributed by atoms with Crippen molar-refractivity contribution in [3.63, 3.8) is 0 Å². The van der Waals surface area contributed by atoms with Crippen LogP contribution in [0.3, 0.4) is 0 Å². The third-order valence-electron chi connectivity index (χ3n) is 3.10. The molecule has 0 atom stereocenters. The minimum Gasteiger partial charge on any atom is -0.347 e. The van der Waals surface area contributed by atoms with Gasteiger partial charge < -0.3 is 4.98 Å². The third kappa shape index (κ3) is 2.13. The Labute approximate surface area is 105 Å². The van der Waals surface area contributed by atoms with E-state index in [2.05, 4.69) is 21.0 Å². The fraction of sp³-hybridized carbons (Fsp3) is 0.308. The van der Waals surface area contributed by atoms with Crippen molar-refractivity contribution in [3.8, 4) is 0 Å². The number of H-pyrrole nitrogens is 1. The van der Waals surface area contributed by atoms with Gasteiger partial charge in [0, 0.05) is 30.1 Å². The van der Waals surface area contributed by atoms with Gasteiger partial charge in [0.1, 0.15) is 10.5 Å². The Balaban J connectivity index is 1.95. The van der Waals surface area contributed by atoms with Crippen LogP contribution in [0.2, 0.25) is 0 Å². The molecule has 0 amide bonds. The lowest BCUT2D eigenvalue weighted by molar-refractivity contribution is 0.883. The van der Waals surface area contributed by atoms with E-state index < -0.39 is 0 Å². The van der Waals surface area contributed by atoms with Crippen LogP contribution in [0, 0.1) is 4.64 Å². The van der Waals surface area contributed by atoms with Crippen molar-refractivity contribution in [1.82, 2.24) is 15.0 Å². The monoisotopic (exact) mass is 243 g/mol. The normalized spacial score (nSPS) is 13.6. The molecule has 4 heteroatoms. The first-order chi connectivity index (χ1) is 8.33. The zero-order valence-corrected chi connectivity index (χ0v) is 10.3. The number of hydrogen-bond acceptors (Lipinski definition) is 3. The second-order valence-corrected chi connectivity index (χ2v) is 4.72. The molecule has 0 spiro atoms. The van der Waals surface area contributed by atoms with Crippen LogP contribution in [0.1, 0.15) is 29.1 Å². The summed E-state index contributed by atoms with van der Waals surface area (Å²) in [6.45, 7) is 0. The van der Waals surface area contributed by atoms with Crippen LogP contribution in [-0.2, 0) is 19.3 Å². The van der Waals surface area contributed by atoms with E-state index in [1.165, 1.54) is 17.7 Å². The van der Waals surface area contributed by atoms with Crippen LogP contribution < -0.4 is 0 Å². The number of aromatic amines is 1. The van der Waals surface area contributed by atoms with Gasteiger partial charge >= 0.3 is 0 Å². The minimum atomic E-state index is 0.769. The maximum atomic E-state index is 5.34. The molecule has 2 heterocycles. The standard InChI is InChI=1S/C13H13N3S/c17-13-10-4-1-5-11(10)15-12(16-13)7-9-3-2-6-14-8-9/h2-3,6,8H,1,4-5,7H2,(H,15,16,17). The molecule has 3 rings (SSSR count). The number of pyridine rings is 1. The van der Waals surface area contributed by atoms with E-state index in [9.17, 15) is 0 Å². The number of nitrogens with zero attached hydrogens (tertiary/aromatic N) is 2. The number of nitrogens with one attached hydrogen (secondary N) is 1. The summed E-state index contributed by atoms with van der Waals surface area (Å²) in [5, 5.41) is 0. The molecule has 0 saturated carbocycles. The number of aromatic nitrogens is 3. The molecule has 0 saturated heterocycles. The Morgan fingerprint density at radius 2 is 2.29 bits per heavy atom. The van der Waals surface area contributed by atoms with Crippen LogP contribution in [0.25, 0.3) is 0 Å². The van der Waals surface area contributed by atoms with Crippen LogP contribution >= 0.6 is 12.2 Å². The molecule has 3 nitrogen and oxygen atoms in total. The van der Waals surface area contributed by atoms with Gasteiger partial charge in [0.25, 0.3) is 0 Å². The largest absolute Gasteiger partial charge is 0.347 e. The summed E-state index contributed by atoms with van der Waals surface area (Å²) in [6, 6.07) is 4.00. The Morgan fingerprint density at radius 3 is 3.12 bits per heavy atom. The highest BCUT2D eigenvalue weighted by atomic mass is 32.1. The molecule has 0 bridgehead atoms. The van der Waals surface area contributed by atoms with Gasteiger partial charge in [-0.05, 0) is 30.9 Å². The highest BCUT2D eigenvalue weighted by Crippen LogP contribution is 2.20. The van der Waals surface area contributed by atoms with Crippen LogP contribution in [0.4, 0.5) is 0 Å². The van der Waals surface area contributed by atoms with E-state index in [0.29, 0.717) is 0 Å². The molecule has 86 valence electrons. The van der Waals surface area contributed by atoms with Crippen molar-refractivity contribution in [3.05, 3.63) is 51.8 Å². The first-order valence-corrected chi connectivity index (χ1v) is 6.23. The summed E-state index contributed by atoms with van der Waals surface area (Å²) < 4.78 is 0.773. The molecular formula is C13H13N3S. The molecule has 2 aromatic rings. The Kier molecular flexibility index (Phi) is 2.73. The molecule has 1 aliphatic rings. The quantitative estimate of drug-likeness (QED) is 0.824. The van der Waals surface area contributed by atoms with Gasteiger partial charge in [0.2, 0.25) is 0 Å². The summed E-state index contributed by atoms with van der Waals surface area (Å²) in [6.07, 6.45) is 7.78. The maximum absolute atomic E-state index is 5.34. The Bertz CT molecular complexity index is 589. The average molecular weight is 243 g/mol. The van der Waals surface area contributed by atoms with Gasteiger partial charge in [-0.1, -0.05) is 18.3 Å². The van der Waals surface area contributed by atoms with Crippen LogP contribution in [-0.4, -0.2) is 15.0 Å². The zero-order chi connectivity index (χ0) is 11.7. The van der Waals surface area contributed by atoms with Crippen molar-refractivity contribution in [2.45, 2.75) is 25.7 Å². The van der Waals surface area contributed by atoms with Crippen molar-refractivity contribution >= 4 is 12.2 Å². The van der Waals surface area contributed by atoms with Crippen molar-refractivity contribution < 1.29 is 0 Å².